The fraction of sp³-hybridized carbons (Fsp3) is 0.591. The molecule has 10 heteroatoms. The average molecular weight is 468 g/mol. The van der Waals surface area contributed by atoms with Crippen molar-refractivity contribution in [3.05, 3.63) is 24.3 Å². The second kappa shape index (κ2) is 10.6. The van der Waals surface area contributed by atoms with Crippen LogP contribution in [-0.4, -0.2) is 79.3 Å². The topological polar surface area (TPSA) is 108 Å². The molecule has 1 aromatic carbocycles. The van der Waals surface area contributed by atoms with E-state index in [0.29, 0.717) is 5.75 Å². The number of carbonyl (C=O) groups excluding carboxylic acids is 1. The molecular weight excluding hydrogens is 434 g/mol. The molecule has 2 N–H and O–H groups in total. The Balaban J connectivity index is 2.18. The van der Waals surface area contributed by atoms with Crippen molar-refractivity contribution in [2.24, 2.45) is 0 Å². The minimum atomic E-state index is -4.04. The molecule has 32 heavy (non-hydrogen) atoms. The molecule has 0 spiro atoms. The molecule has 1 saturated heterocycles. The molecule has 0 aliphatic carbocycles. The molecule has 1 amide bonds. The van der Waals surface area contributed by atoms with Gasteiger partial charge in [0.15, 0.2) is 0 Å². The van der Waals surface area contributed by atoms with Crippen LogP contribution >= 0.6 is 0 Å². The number of carbonyl (C=O) groups is 1. The molecule has 0 aromatic heterocycles. The highest BCUT2D eigenvalue weighted by Gasteiger charge is 2.50. The molecule has 2 rings (SSSR count). The monoisotopic (exact) mass is 467 g/mol. The number of nitrogens with zero attached hydrogens (tertiary/aromatic N) is 2. The molecule has 178 valence electrons. The van der Waals surface area contributed by atoms with Gasteiger partial charge < -0.3 is 9.47 Å². The van der Waals surface area contributed by atoms with Crippen molar-refractivity contribution in [2.45, 2.75) is 63.3 Å². The third-order valence-electron chi connectivity index (χ3n) is 5.46. The molecule has 0 radical (unpaired) electrons. The van der Waals surface area contributed by atoms with Crippen molar-refractivity contribution in [3.63, 3.8) is 0 Å². The minimum absolute atomic E-state index is 0.00904. The molecule has 3 unspecified atom stereocenters. The molecule has 1 aromatic rings. The van der Waals surface area contributed by atoms with Crippen molar-refractivity contribution in [1.29, 1.82) is 0 Å². The van der Waals surface area contributed by atoms with Gasteiger partial charge in [0.2, 0.25) is 10.0 Å². The number of hydrogen-bond acceptors (Lipinski definition) is 7. The van der Waals surface area contributed by atoms with Crippen LogP contribution in [0.1, 0.15) is 34.6 Å². The lowest BCUT2D eigenvalue weighted by atomic mass is 9.95. The maximum Gasteiger partial charge on any atom is 0.264 e. The van der Waals surface area contributed by atoms with Gasteiger partial charge in [0.1, 0.15) is 18.4 Å². The number of nitrogens with one attached hydrogen (secondary N) is 1. The van der Waals surface area contributed by atoms with Gasteiger partial charge in [-0.2, -0.15) is 4.31 Å². The summed E-state index contributed by atoms with van der Waals surface area (Å²) in [6, 6.07) is 4.82. The lowest BCUT2D eigenvalue weighted by Gasteiger charge is -2.46. The number of benzene rings is 1. The molecule has 1 heterocycles. The number of rotatable bonds is 7. The smallest absolute Gasteiger partial charge is 0.264 e. The first kappa shape index (κ1) is 26.1. The molecular formula is C22H33N3O6S. The van der Waals surface area contributed by atoms with E-state index in [1.165, 1.54) is 12.1 Å². The fourth-order valence-electron chi connectivity index (χ4n) is 3.61. The van der Waals surface area contributed by atoms with E-state index in [4.69, 9.17) is 14.7 Å². The number of hydroxylamine groups is 1. The van der Waals surface area contributed by atoms with Crippen molar-refractivity contribution in [2.75, 3.05) is 26.7 Å². The van der Waals surface area contributed by atoms with Crippen LogP contribution in [0.3, 0.4) is 0 Å². The molecule has 0 bridgehead atoms. The Bertz CT molecular complexity index is 952. The summed E-state index contributed by atoms with van der Waals surface area (Å²) in [5.41, 5.74) is 0.417. The van der Waals surface area contributed by atoms with Crippen LogP contribution in [-0.2, 0) is 19.6 Å². The van der Waals surface area contributed by atoms with E-state index in [1.807, 2.05) is 14.0 Å². The number of amides is 1. The Labute approximate surface area is 190 Å². The first-order chi connectivity index (χ1) is 14.9. The van der Waals surface area contributed by atoms with Crippen molar-refractivity contribution in [1.82, 2.24) is 14.7 Å². The quantitative estimate of drug-likeness (QED) is 0.355. The minimum Gasteiger partial charge on any atom is -0.481 e. The van der Waals surface area contributed by atoms with Crippen LogP contribution in [0.5, 0.6) is 5.75 Å². The van der Waals surface area contributed by atoms with E-state index in [1.54, 1.807) is 38.4 Å². The van der Waals surface area contributed by atoms with Crippen LogP contribution in [0.15, 0.2) is 29.2 Å². The molecule has 1 fully saturated rings. The molecule has 1 aliphatic rings. The standard InChI is InChI=1S/C22H33N3O6S/c1-7-24(6)16(2)9-8-14-30-18-10-12-19(13-11-18)32(28,29)25-15-17(3)31-22(4,5)20(25)21(26)23-27/h10-13,16-17,20,27H,7,14-15H2,1-6H3,(H,23,26). The fourth-order valence-corrected chi connectivity index (χ4v) is 5.39. The van der Waals surface area contributed by atoms with E-state index in [0.717, 1.165) is 10.8 Å². The SMILES string of the molecule is CCN(C)C(C)C#CCOc1ccc(S(=O)(=O)N2CC(C)OC(C)(C)C2C(=O)NO)cc1. The van der Waals surface area contributed by atoms with Gasteiger partial charge in [-0.3, -0.25) is 14.9 Å². The van der Waals surface area contributed by atoms with E-state index < -0.39 is 33.7 Å². The van der Waals surface area contributed by atoms with Gasteiger partial charge in [0, 0.05) is 6.54 Å². The Morgan fingerprint density at radius 3 is 2.59 bits per heavy atom. The normalized spacial score (nSPS) is 22.0. The van der Waals surface area contributed by atoms with Gasteiger partial charge in [-0.25, -0.2) is 13.9 Å². The lowest BCUT2D eigenvalue weighted by molar-refractivity contribution is -0.167. The number of hydrogen-bond donors (Lipinski definition) is 2. The first-order valence-corrected chi connectivity index (χ1v) is 11.9. The third-order valence-corrected chi connectivity index (χ3v) is 7.30. The summed E-state index contributed by atoms with van der Waals surface area (Å²) in [4.78, 5) is 14.4. The van der Waals surface area contributed by atoms with Gasteiger partial charge in [-0.15, -0.1) is 0 Å². The summed E-state index contributed by atoms with van der Waals surface area (Å²) >= 11 is 0. The van der Waals surface area contributed by atoms with Crippen LogP contribution in [0, 0.1) is 11.8 Å². The maximum absolute atomic E-state index is 13.3. The van der Waals surface area contributed by atoms with E-state index in [9.17, 15) is 13.2 Å². The second-order valence-corrected chi connectivity index (χ2v) is 10.2. The van der Waals surface area contributed by atoms with Gasteiger partial charge in [0.05, 0.1) is 22.6 Å². The van der Waals surface area contributed by atoms with Crippen LogP contribution in [0.25, 0.3) is 0 Å². The highest BCUT2D eigenvalue weighted by molar-refractivity contribution is 7.89. The van der Waals surface area contributed by atoms with E-state index in [2.05, 4.69) is 23.7 Å². The second-order valence-electron chi connectivity index (χ2n) is 8.32. The average Bonchev–Trinajstić information content (AvgIpc) is 2.74. The van der Waals surface area contributed by atoms with Crippen molar-refractivity contribution >= 4 is 15.9 Å². The summed E-state index contributed by atoms with van der Waals surface area (Å²) in [7, 11) is -2.05. The summed E-state index contributed by atoms with van der Waals surface area (Å²) in [5, 5.41) is 9.15. The lowest BCUT2D eigenvalue weighted by Crippen LogP contribution is -2.65. The Morgan fingerprint density at radius 2 is 2.03 bits per heavy atom. The van der Waals surface area contributed by atoms with E-state index in [-0.39, 0.29) is 24.1 Å². The van der Waals surface area contributed by atoms with Crippen LogP contribution in [0.2, 0.25) is 0 Å². The van der Waals surface area contributed by atoms with Gasteiger partial charge in [-0.05, 0) is 65.6 Å². The summed E-state index contributed by atoms with van der Waals surface area (Å²) in [5.74, 6) is 5.68. The largest absolute Gasteiger partial charge is 0.481 e. The summed E-state index contributed by atoms with van der Waals surface area (Å²) in [6.45, 7) is 10.1. The Hall–Kier alpha value is -2.16. The van der Waals surface area contributed by atoms with E-state index >= 15 is 0 Å². The number of sulfonamides is 1. The first-order valence-electron chi connectivity index (χ1n) is 10.5. The zero-order valence-corrected chi connectivity index (χ0v) is 20.3. The highest BCUT2D eigenvalue weighted by Crippen LogP contribution is 2.33. The van der Waals surface area contributed by atoms with Gasteiger partial charge in [0.25, 0.3) is 5.91 Å². The predicted molar refractivity (Wildman–Crippen MR) is 120 cm³/mol. The highest BCUT2D eigenvalue weighted by atomic mass is 32.2. The van der Waals surface area contributed by atoms with Gasteiger partial charge >= 0.3 is 0 Å². The molecule has 0 saturated carbocycles. The molecule has 9 nitrogen and oxygen atoms in total. The number of morpholine rings is 1. The maximum atomic E-state index is 13.3. The Morgan fingerprint density at radius 1 is 1.41 bits per heavy atom. The summed E-state index contributed by atoms with van der Waals surface area (Å²) < 4.78 is 39.1. The third kappa shape index (κ3) is 5.99. The van der Waals surface area contributed by atoms with Crippen LogP contribution < -0.4 is 10.2 Å². The number of ether oxygens (including phenoxy) is 2. The zero-order chi connectivity index (χ0) is 24.1. The predicted octanol–water partition coefficient (Wildman–Crippen LogP) is 1.47. The summed E-state index contributed by atoms with van der Waals surface area (Å²) in [6.07, 6.45) is -0.433. The molecule has 1 aliphatic heterocycles. The van der Waals surface area contributed by atoms with Crippen molar-refractivity contribution < 1.29 is 27.9 Å². The van der Waals surface area contributed by atoms with Crippen molar-refractivity contribution in [3.8, 4) is 17.6 Å². The molecule has 3 atom stereocenters. The van der Waals surface area contributed by atoms with Gasteiger partial charge in [-0.1, -0.05) is 18.8 Å². The van der Waals surface area contributed by atoms with Crippen LogP contribution in [0.4, 0.5) is 0 Å². The Kier molecular flexibility index (Phi) is 8.67. The zero-order valence-electron chi connectivity index (χ0n) is 19.5.